The van der Waals surface area contributed by atoms with Gasteiger partial charge in [0, 0.05) is 5.92 Å². The average Bonchev–Trinajstić information content (AvgIpc) is 2.30. The van der Waals surface area contributed by atoms with Crippen molar-refractivity contribution in [2.45, 2.75) is 12.3 Å². The maximum absolute atomic E-state index is 5.37. The molecule has 1 aromatic carbocycles. The lowest BCUT2D eigenvalue weighted by Gasteiger charge is -2.20. The molecule has 0 heterocycles. The average molecular weight is 186 g/mol. The van der Waals surface area contributed by atoms with Crippen molar-refractivity contribution < 1.29 is 4.74 Å². The second kappa shape index (κ2) is 4.14. The van der Waals surface area contributed by atoms with Gasteiger partial charge in [0.2, 0.25) is 0 Å². The summed E-state index contributed by atoms with van der Waals surface area (Å²) in [5.41, 5.74) is 1.32. The van der Waals surface area contributed by atoms with Crippen LogP contribution in [0.5, 0.6) is 0 Å². The Kier molecular flexibility index (Phi) is 2.68. The molecule has 0 spiro atoms. The van der Waals surface area contributed by atoms with Crippen LogP contribution in [0.25, 0.3) is 0 Å². The normalized spacial score (nSPS) is 20.4. The number of hydrogen-bond acceptors (Lipinski definition) is 1. The minimum Gasteiger partial charge on any atom is -0.500 e. The Morgan fingerprint density at radius 1 is 1.21 bits per heavy atom. The minimum atomic E-state index is 0.395. The van der Waals surface area contributed by atoms with Gasteiger partial charge >= 0.3 is 0 Å². The van der Waals surface area contributed by atoms with Crippen LogP contribution in [0.3, 0.4) is 0 Å². The van der Waals surface area contributed by atoms with Crippen LogP contribution in [0.2, 0.25) is 0 Å². The summed E-state index contributed by atoms with van der Waals surface area (Å²) in [6.07, 6.45) is 7.31. The molecule has 1 heteroatoms. The number of allylic oxidation sites excluding steroid dienone is 4. The van der Waals surface area contributed by atoms with E-state index in [0.717, 1.165) is 12.2 Å². The van der Waals surface area contributed by atoms with E-state index in [1.807, 2.05) is 12.1 Å². The van der Waals surface area contributed by atoms with E-state index in [2.05, 4.69) is 36.4 Å². The number of rotatable bonds is 2. The number of ether oxygens (including phenoxy) is 1. The molecular formula is C13H14O. The zero-order chi connectivity index (χ0) is 9.80. The highest BCUT2D eigenvalue weighted by atomic mass is 16.5. The molecule has 0 unspecified atom stereocenters. The monoisotopic (exact) mass is 186 g/mol. The molecule has 2 rings (SSSR count). The summed E-state index contributed by atoms with van der Waals surface area (Å²) in [5.74, 6) is 1.45. The van der Waals surface area contributed by atoms with Crippen LogP contribution >= 0.6 is 0 Å². The molecule has 14 heavy (non-hydrogen) atoms. The Morgan fingerprint density at radius 3 is 2.71 bits per heavy atom. The van der Waals surface area contributed by atoms with E-state index < -0.39 is 0 Å². The second-order valence-electron chi connectivity index (χ2n) is 3.40. The maximum Gasteiger partial charge on any atom is 0.103 e. The summed E-state index contributed by atoms with van der Waals surface area (Å²) in [4.78, 5) is 0. The van der Waals surface area contributed by atoms with Gasteiger partial charge in [-0.25, -0.2) is 0 Å². The van der Waals surface area contributed by atoms with Gasteiger partial charge in [0.25, 0.3) is 0 Å². The van der Waals surface area contributed by atoms with Crippen molar-refractivity contribution in [3.05, 3.63) is 59.9 Å². The van der Waals surface area contributed by atoms with Crippen LogP contribution in [-0.4, -0.2) is 7.11 Å². The van der Waals surface area contributed by atoms with Gasteiger partial charge in [0.15, 0.2) is 0 Å². The van der Waals surface area contributed by atoms with Crippen LogP contribution in [0.15, 0.2) is 54.3 Å². The molecule has 0 fully saturated rings. The lowest BCUT2D eigenvalue weighted by molar-refractivity contribution is 0.263. The van der Waals surface area contributed by atoms with E-state index in [4.69, 9.17) is 4.74 Å². The van der Waals surface area contributed by atoms with Gasteiger partial charge < -0.3 is 4.74 Å². The first kappa shape index (κ1) is 9.07. The first-order valence-electron chi connectivity index (χ1n) is 4.87. The SMILES string of the molecule is COC1=CC=CC[C@H]1c1ccccc1. The summed E-state index contributed by atoms with van der Waals surface area (Å²) in [5, 5.41) is 0. The molecule has 1 aliphatic carbocycles. The highest BCUT2D eigenvalue weighted by Gasteiger charge is 2.17. The molecule has 1 aliphatic rings. The minimum absolute atomic E-state index is 0.395. The van der Waals surface area contributed by atoms with Gasteiger partial charge in [-0.15, -0.1) is 0 Å². The molecule has 0 saturated carbocycles. The Labute approximate surface area is 84.7 Å². The van der Waals surface area contributed by atoms with Crippen molar-refractivity contribution in [1.82, 2.24) is 0 Å². The topological polar surface area (TPSA) is 9.23 Å². The highest BCUT2D eigenvalue weighted by molar-refractivity contribution is 5.31. The van der Waals surface area contributed by atoms with Gasteiger partial charge in [-0.05, 0) is 18.1 Å². The maximum atomic E-state index is 5.37. The van der Waals surface area contributed by atoms with Crippen LogP contribution in [-0.2, 0) is 4.74 Å². The molecule has 0 aliphatic heterocycles. The highest BCUT2D eigenvalue weighted by Crippen LogP contribution is 2.30. The summed E-state index contributed by atoms with van der Waals surface area (Å²) in [6, 6.07) is 10.5. The predicted molar refractivity (Wildman–Crippen MR) is 58.0 cm³/mol. The van der Waals surface area contributed by atoms with Crippen LogP contribution in [0, 0.1) is 0 Å². The van der Waals surface area contributed by atoms with E-state index in [1.165, 1.54) is 5.56 Å². The molecule has 0 radical (unpaired) electrons. The van der Waals surface area contributed by atoms with E-state index in [-0.39, 0.29) is 0 Å². The molecule has 72 valence electrons. The third kappa shape index (κ3) is 1.72. The van der Waals surface area contributed by atoms with Crippen LogP contribution < -0.4 is 0 Å². The standard InChI is InChI=1S/C13H14O/c1-14-13-10-6-5-9-12(13)11-7-3-2-4-8-11/h2-8,10,12H,9H2,1H3/t12-/m0/s1. The Balaban J connectivity index is 2.27. The van der Waals surface area contributed by atoms with Gasteiger partial charge in [0.1, 0.15) is 5.76 Å². The number of hydrogen-bond donors (Lipinski definition) is 0. The molecule has 0 saturated heterocycles. The molecule has 0 aromatic heterocycles. The van der Waals surface area contributed by atoms with Crippen molar-refractivity contribution in [3.8, 4) is 0 Å². The van der Waals surface area contributed by atoms with Crippen molar-refractivity contribution >= 4 is 0 Å². The fourth-order valence-electron chi connectivity index (χ4n) is 1.81. The fraction of sp³-hybridized carbons (Fsp3) is 0.231. The molecule has 1 nitrogen and oxygen atoms in total. The Morgan fingerprint density at radius 2 is 2.00 bits per heavy atom. The first-order valence-corrected chi connectivity index (χ1v) is 4.87. The smallest absolute Gasteiger partial charge is 0.103 e. The van der Waals surface area contributed by atoms with E-state index in [1.54, 1.807) is 7.11 Å². The summed E-state index contributed by atoms with van der Waals surface area (Å²) in [6.45, 7) is 0. The largest absolute Gasteiger partial charge is 0.500 e. The lowest BCUT2D eigenvalue weighted by atomic mass is 9.91. The van der Waals surface area contributed by atoms with E-state index in [0.29, 0.717) is 5.92 Å². The summed E-state index contributed by atoms with van der Waals surface area (Å²) in [7, 11) is 1.74. The van der Waals surface area contributed by atoms with Gasteiger partial charge in [-0.1, -0.05) is 42.5 Å². The van der Waals surface area contributed by atoms with Gasteiger partial charge in [0.05, 0.1) is 7.11 Å². The van der Waals surface area contributed by atoms with Gasteiger partial charge in [-0.2, -0.15) is 0 Å². The van der Waals surface area contributed by atoms with Crippen molar-refractivity contribution in [2.24, 2.45) is 0 Å². The number of methoxy groups -OCH3 is 1. The summed E-state index contributed by atoms with van der Waals surface area (Å²) < 4.78 is 5.37. The number of benzene rings is 1. The molecule has 1 atom stereocenters. The van der Waals surface area contributed by atoms with Crippen molar-refractivity contribution in [3.63, 3.8) is 0 Å². The zero-order valence-corrected chi connectivity index (χ0v) is 8.31. The second-order valence-corrected chi connectivity index (χ2v) is 3.40. The first-order chi connectivity index (χ1) is 6.92. The molecule has 1 aromatic rings. The Bertz CT molecular complexity index is 349. The molecule has 0 bridgehead atoms. The van der Waals surface area contributed by atoms with Crippen LogP contribution in [0.4, 0.5) is 0 Å². The quantitative estimate of drug-likeness (QED) is 0.688. The third-order valence-electron chi connectivity index (χ3n) is 2.55. The van der Waals surface area contributed by atoms with Crippen molar-refractivity contribution in [1.29, 1.82) is 0 Å². The van der Waals surface area contributed by atoms with Crippen LogP contribution in [0.1, 0.15) is 17.9 Å². The summed E-state index contributed by atoms with van der Waals surface area (Å²) >= 11 is 0. The molecular weight excluding hydrogens is 172 g/mol. The molecule has 0 amide bonds. The van der Waals surface area contributed by atoms with E-state index >= 15 is 0 Å². The zero-order valence-electron chi connectivity index (χ0n) is 8.31. The van der Waals surface area contributed by atoms with E-state index in [9.17, 15) is 0 Å². The Hall–Kier alpha value is -1.50. The fourth-order valence-corrected chi connectivity index (χ4v) is 1.81. The lowest BCUT2D eigenvalue weighted by Crippen LogP contribution is -2.05. The van der Waals surface area contributed by atoms with Gasteiger partial charge in [-0.3, -0.25) is 0 Å². The third-order valence-corrected chi connectivity index (χ3v) is 2.55. The predicted octanol–water partition coefficient (Wildman–Crippen LogP) is 3.26. The van der Waals surface area contributed by atoms with Crippen molar-refractivity contribution in [2.75, 3.05) is 7.11 Å². The molecule has 0 N–H and O–H groups in total.